The summed E-state index contributed by atoms with van der Waals surface area (Å²) in [6, 6.07) is 7.96. The molecule has 0 aliphatic carbocycles. The molecule has 37 heavy (non-hydrogen) atoms. The Bertz CT molecular complexity index is 1060. The molecular weight excluding hydrogens is 523 g/mol. The van der Waals surface area contributed by atoms with Crippen LogP contribution in [-0.4, -0.2) is 54.4 Å². The van der Waals surface area contributed by atoms with Crippen LogP contribution in [0.15, 0.2) is 30.3 Å². The summed E-state index contributed by atoms with van der Waals surface area (Å²) in [5.74, 6) is -1.87. The summed E-state index contributed by atoms with van der Waals surface area (Å²) in [6.07, 6.45) is 1.96. The molecule has 0 bridgehead atoms. The molecule has 3 rings (SSSR count). The monoisotopic (exact) mass is 557 g/mol. The van der Waals surface area contributed by atoms with Crippen LogP contribution < -0.4 is 0 Å². The molecule has 1 aliphatic rings. The van der Waals surface area contributed by atoms with Crippen molar-refractivity contribution in [3.8, 4) is 0 Å². The molecule has 2 aromatic carbocycles. The molecule has 204 valence electrons. The summed E-state index contributed by atoms with van der Waals surface area (Å²) in [5, 5.41) is 11.8. The van der Waals surface area contributed by atoms with E-state index in [2.05, 4.69) is 4.90 Å². The number of esters is 1. The number of hydrogen-bond acceptors (Lipinski definition) is 5. The highest BCUT2D eigenvalue weighted by Crippen LogP contribution is 2.30. The fraction of sp³-hybridized carbons (Fsp3) is 0.536. The van der Waals surface area contributed by atoms with Crippen LogP contribution in [0.2, 0.25) is 10.0 Å². The number of rotatable bonds is 13. The first-order chi connectivity index (χ1) is 17.7. The third-order valence-corrected chi connectivity index (χ3v) is 7.43. The Morgan fingerprint density at radius 3 is 2.68 bits per heavy atom. The van der Waals surface area contributed by atoms with Gasteiger partial charge >= 0.3 is 5.97 Å². The number of ether oxygens (including phenoxy) is 2. The largest absolute Gasteiger partial charge is 0.466 e. The summed E-state index contributed by atoms with van der Waals surface area (Å²) < 4.78 is 39.7. The van der Waals surface area contributed by atoms with Gasteiger partial charge in [0.25, 0.3) is 0 Å². The van der Waals surface area contributed by atoms with E-state index in [1.165, 1.54) is 6.07 Å². The average Bonchev–Trinajstić information content (AvgIpc) is 3.27. The third kappa shape index (κ3) is 8.62. The molecule has 1 saturated heterocycles. The van der Waals surface area contributed by atoms with Crippen molar-refractivity contribution in [1.29, 1.82) is 0 Å². The highest BCUT2D eigenvalue weighted by atomic mass is 35.5. The lowest BCUT2D eigenvalue weighted by Gasteiger charge is -2.28. The maximum absolute atomic E-state index is 14.7. The quantitative estimate of drug-likeness (QED) is 0.293. The standard InChI is InChI=1S/C28H35Cl2F2NO4/c1-3-27(23-14-19(31)15-26(32)22(23)8-10-28(35)36-4-2)37-17-21(34)16-33-11-5-6-20(33)12-18-7-9-24(29)25(30)13-18/h7,9,13-15,20-21,27,34H,3-6,8,10-12,16-17H2,1-2H3/t20-,21+,27+/m0/s1. The Morgan fingerprint density at radius 2 is 1.97 bits per heavy atom. The van der Waals surface area contributed by atoms with Crippen LogP contribution in [0.25, 0.3) is 0 Å². The maximum atomic E-state index is 14.7. The second kappa shape index (κ2) is 14.4. The van der Waals surface area contributed by atoms with Gasteiger partial charge in [-0.15, -0.1) is 0 Å². The van der Waals surface area contributed by atoms with Gasteiger partial charge in [-0.1, -0.05) is 36.2 Å². The molecule has 0 saturated carbocycles. The van der Waals surface area contributed by atoms with Crippen LogP contribution in [-0.2, 0) is 27.1 Å². The predicted octanol–water partition coefficient (Wildman–Crippen LogP) is 6.30. The zero-order chi connectivity index (χ0) is 26.9. The summed E-state index contributed by atoms with van der Waals surface area (Å²) in [4.78, 5) is 14.0. The van der Waals surface area contributed by atoms with E-state index in [4.69, 9.17) is 32.7 Å². The Hall–Kier alpha value is -1.77. The van der Waals surface area contributed by atoms with Crippen molar-refractivity contribution >= 4 is 29.2 Å². The van der Waals surface area contributed by atoms with E-state index in [1.807, 2.05) is 19.1 Å². The highest BCUT2D eigenvalue weighted by Gasteiger charge is 2.27. The maximum Gasteiger partial charge on any atom is 0.306 e. The van der Waals surface area contributed by atoms with Crippen molar-refractivity contribution < 1.29 is 28.2 Å². The summed E-state index contributed by atoms with van der Waals surface area (Å²) in [6.45, 7) is 5.10. The molecular formula is C28H35Cl2F2NO4. The van der Waals surface area contributed by atoms with Crippen LogP contribution in [0.1, 0.15) is 62.3 Å². The number of carbonyl (C=O) groups excluding carboxylic acids is 1. The fourth-order valence-corrected chi connectivity index (χ4v) is 5.24. The summed E-state index contributed by atoms with van der Waals surface area (Å²) >= 11 is 12.2. The number of likely N-dealkylation sites (tertiary alicyclic amines) is 1. The van der Waals surface area contributed by atoms with Crippen molar-refractivity contribution in [2.45, 2.75) is 70.6 Å². The van der Waals surface area contributed by atoms with Crippen molar-refractivity contribution in [2.24, 2.45) is 0 Å². The topological polar surface area (TPSA) is 59.0 Å². The molecule has 5 nitrogen and oxygen atoms in total. The van der Waals surface area contributed by atoms with Crippen molar-refractivity contribution in [2.75, 3.05) is 26.3 Å². The lowest BCUT2D eigenvalue weighted by Crippen LogP contribution is -2.39. The van der Waals surface area contributed by atoms with E-state index in [0.29, 0.717) is 28.6 Å². The van der Waals surface area contributed by atoms with E-state index >= 15 is 0 Å². The van der Waals surface area contributed by atoms with Gasteiger partial charge in [-0.3, -0.25) is 9.69 Å². The zero-order valence-corrected chi connectivity index (χ0v) is 22.8. The van der Waals surface area contributed by atoms with Crippen molar-refractivity contribution in [3.05, 3.63) is 68.7 Å². The number of β-amino-alcohol motifs (C(OH)–C–C–N with tert-alkyl or cyclic N) is 1. The van der Waals surface area contributed by atoms with Gasteiger partial charge in [0.05, 0.1) is 35.5 Å². The number of benzene rings is 2. The molecule has 3 atom stereocenters. The van der Waals surface area contributed by atoms with Gasteiger partial charge in [0.2, 0.25) is 0 Å². The fourth-order valence-electron chi connectivity index (χ4n) is 4.92. The second-order valence-electron chi connectivity index (χ2n) is 9.39. The van der Waals surface area contributed by atoms with Crippen LogP contribution in [0.4, 0.5) is 8.78 Å². The smallest absolute Gasteiger partial charge is 0.306 e. The predicted molar refractivity (Wildman–Crippen MR) is 141 cm³/mol. The highest BCUT2D eigenvalue weighted by molar-refractivity contribution is 6.42. The molecule has 2 aromatic rings. The van der Waals surface area contributed by atoms with Crippen LogP contribution >= 0.6 is 23.2 Å². The molecule has 0 unspecified atom stereocenters. The Kier molecular flexibility index (Phi) is 11.6. The van der Waals surface area contributed by atoms with E-state index in [-0.39, 0.29) is 37.7 Å². The first kappa shape index (κ1) is 29.8. The Morgan fingerprint density at radius 1 is 1.19 bits per heavy atom. The normalized spacial score (nSPS) is 17.6. The summed E-state index contributed by atoms with van der Waals surface area (Å²) in [7, 11) is 0. The van der Waals surface area contributed by atoms with E-state index in [1.54, 1.807) is 13.0 Å². The van der Waals surface area contributed by atoms with Crippen molar-refractivity contribution in [3.63, 3.8) is 0 Å². The zero-order valence-electron chi connectivity index (χ0n) is 21.3. The molecule has 1 heterocycles. The second-order valence-corrected chi connectivity index (χ2v) is 10.2. The minimum atomic E-state index is -0.773. The number of carbonyl (C=O) groups is 1. The minimum absolute atomic E-state index is 0.0162. The Balaban J connectivity index is 1.61. The first-order valence-corrected chi connectivity index (χ1v) is 13.6. The minimum Gasteiger partial charge on any atom is -0.466 e. The number of aliphatic hydroxyl groups excluding tert-OH is 1. The SMILES string of the molecule is CCOC(=O)CCc1c(F)cc(F)cc1[C@@H](CC)OC[C@H](O)CN1CCC[C@H]1Cc1ccc(Cl)c(Cl)c1. The van der Waals surface area contributed by atoms with Gasteiger partial charge < -0.3 is 14.6 Å². The molecule has 1 aliphatic heterocycles. The summed E-state index contributed by atoms with van der Waals surface area (Å²) in [5.41, 5.74) is 1.68. The number of hydrogen-bond donors (Lipinski definition) is 1. The molecule has 0 spiro atoms. The lowest BCUT2D eigenvalue weighted by molar-refractivity contribution is -0.143. The van der Waals surface area contributed by atoms with Crippen LogP contribution in [0.3, 0.4) is 0 Å². The number of halogens is 4. The van der Waals surface area contributed by atoms with Gasteiger partial charge in [0.1, 0.15) is 11.6 Å². The number of aliphatic hydroxyl groups is 1. The Labute approximate surface area is 227 Å². The first-order valence-electron chi connectivity index (χ1n) is 12.8. The van der Waals surface area contributed by atoms with Crippen LogP contribution in [0, 0.1) is 11.6 Å². The van der Waals surface area contributed by atoms with Gasteiger partial charge in [-0.05, 0) is 80.5 Å². The van der Waals surface area contributed by atoms with Gasteiger partial charge in [-0.2, -0.15) is 0 Å². The molecule has 0 aromatic heterocycles. The van der Waals surface area contributed by atoms with E-state index in [0.717, 1.165) is 37.4 Å². The van der Waals surface area contributed by atoms with E-state index in [9.17, 15) is 18.7 Å². The third-order valence-electron chi connectivity index (χ3n) is 6.69. The van der Waals surface area contributed by atoms with E-state index < -0.39 is 29.8 Å². The number of nitrogens with zero attached hydrogens (tertiary/aromatic N) is 1. The molecule has 1 fully saturated rings. The molecule has 0 radical (unpaired) electrons. The molecule has 0 amide bonds. The molecule has 9 heteroatoms. The van der Waals surface area contributed by atoms with Gasteiger partial charge in [-0.25, -0.2) is 8.78 Å². The molecule has 1 N–H and O–H groups in total. The van der Waals surface area contributed by atoms with Gasteiger partial charge in [0, 0.05) is 25.1 Å². The van der Waals surface area contributed by atoms with Crippen molar-refractivity contribution in [1.82, 2.24) is 4.90 Å². The van der Waals surface area contributed by atoms with Gasteiger partial charge in [0.15, 0.2) is 0 Å². The lowest BCUT2D eigenvalue weighted by atomic mass is 9.96. The van der Waals surface area contributed by atoms with Crippen LogP contribution in [0.5, 0.6) is 0 Å². The average molecular weight is 558 g/mol.